The molecule has 0 spiro atoms. The van der Waals surface area contributed by atoms with Crippen LogP contribution in [0.25, 0.3) is 0 Å². The van der Waals surface area contributed by atoms with Gasteiger partial charge in [0.05, 0.1) is 5.69 Å². The molecule has 0 saturated heterocycles. The van der Waals surface area contributed by atoms with Crippen LogP contribution in [0.5, 0.6) is 0 Å². The molecule has 2 fully saturated rings. The minimum atomic E-state index is -0.357. The van der Waals surface area contributed by atoms with E-state index in [0.29, 0.717) is 11.6 Å². The number of carbonyl (C=O) groups excluding carboxylic acids is 1. The van der Waals surface area contributed by atoms with Crippen molar-refractivity contribution in [2.24, 2.45) is 17.8 Å². The van der Waals surface area contributed by atoms with Crippen LogP contribution in [-0.4, -0.2) is 5.91 Å². The second kappa shape index (κ2) is 4.13. The molecule has 0 unspecified atom stereocenters. The average Bonchev–Trinajstić information content (AvgIpc) is 2.94. The first-order chi connectivity index (χ1) is 8.24. The highest BCUT2D eigenvalue weighted by Gasteiger charge is 2.43. The Morgan fingerprint density at radius 3 is 2.71 bits per heavy atom. The molecule has 1 aromatic carbocycles. The van der Waals surface area contributed by atoms with Gasteiger partial charge in [-0.25, -0.2) is 4.39 Å². The number of rotatable bonds is 2. The first kappa shape index (κ1) is 10.8. The summed E-state index contributed by atoms with van der Waals surface area (Å²) in [6.07, 6.45) is 4.62. The monoisotopic (exact) mass is 233 g/mol. The van der Waals surface area contributed by atoms with Gasteiger partial charge in [-0.15, -0.1) is 0 Å². The molecule has 17 heavy (non-hydrogen) atoms. The highest BCUT2D eigenvalue weighted by Crippen LogP contribution is 2.48. The lowest BCUT2D eigenvalue weighted by Crippen LogP contribution is -2.27. The number of fused-ring (bicyclic) bond motifs is 2. The third-order valence-electron chi connectivity index (χ3n) is 4.21. The molecule has 1 N–H and O–H groups in total. The maximum absolute atomic E-state index is 13.4. The Morgan fingerprint density at radius 2 is 2.06 bits per heavy atom. The Morgan fingerprint density at radius 1 is 1.24 bits per heavy atom. The predicted molar refractivity (Wildman–Crippen MR) is 64.0 cm³/mol. The summed E-state index contributed by atoms with van der Waals surface area (Å²) in [5, 5.41) is 2.72. The van der Waals surface area contributed by atoms with Gasteiger partial charge in [0.25, 0.3) is 0 Å². The molecule has 2 bridgehead atoms. The van der Waals surface area contributed by atoms with Crippen LogP contribution in [0.3, 0.4) is 0 Å². The normalized spacial score (nSPS) is 30.5. The Labute approximate surface area is 100 Å². The zero-order valence-electron chi connectivity index (χ0n) is 9.66. The lowest BCUT2D eigenvalue weighted by molar-refractivity contribution is -0.121. The van der Waals surface area contributed by atoms with E-state index in [0.717, 1.165) is 12.3 Å². The Balaban J connectivity index is 1.70. The van der Waals surface area contributed by atoms with Crippen LogP contribution in [0.2, 0.25) is 0 Å². The number of nitrogens with one attached hydrogen (secondary N) is 1. The zero-order chi connectivity index (χ0) is 11.8. The van der Waals surface area contributed by atoms with Crippen LogP contribution in [0.1, 0.15) is 25.7 Å². The average molecular weight is 233 g/mol. The molecular weight excluding hydrogens is 217 g/mol. The smallest absolute Gasteiger partial charge is 0.227 e. The minimum absolute atomic E-state index is 0.00213. The topological polar surface area (TPSA) is 29.1 Å². The molecule has 3 atom stereocenters. The molecule has 1 aromatic rings. The van der Waals surface area contributed by atoms with Crippen LogP contribution in [0.4, 0.5) is 10.1 Å². The lowest BCUT2D eigenvalue weighted by Gasteiger charge is -2.20. The number of carbonyl (C=O) groups is 1. The van der Waals surface area contributed by atoms with E-state index >= 15 is 0 Å². The van der Waals surface area contributed by atoms with E-state index in [2.05, 4.69) is 5.32 Å². The SMILES string of the molecule is O=C(Nc1ccccc1F)[C@H]1C[C@H]2CC[C@H]1C2. The van der Waals surface area contributed by atoms with Crippen LogP contribution in [0, 0.1) is 23.6 Å². The summed E-state index contributed by atoms with van der Waals surface area (Å²) >= 11 is 0. The van der Waals surface area contributed by atoms with E-state index < -0.39 is 0 Å². The van der Waals surface area contributed by atoms with E-state index in [1.165, 1.54) is 25.3 Å². The zero-order valence-corrected chi connectivity index (χ0v) is 9.66. The van der Waals surface area contributed by atoms with Gasteiger partial charge in [0.1, 0.15) is 5.82 Å². The lowest BCUT2D eigenvalue weighted by atomic mass is 9.88. The molecule has 0 aliphatic heterocycles. The van der Waals surface area contributed by atoms with Crippen molar-refractivity contribution >= 4 is 11.6 Å². The van der Waals surface area contributed by atoms with Gasteiger partial charge in [0.2, 0.25) is 5.91 Å². The summed E-state index contributed by atoms with van der Waals surface area (Å²) in [5.74, 6) is 1.02. The summed E-state index contributed by atoms with van der Waals surface area (Å²) in [5.41, 5.74) is 0.306. The standard InChI is InChI=1S/C14H16FNO/c15-12-3-1-2-4-13(12)16-14(17)11-8-9-5-6-10(11)7-9/h1-4,9-11H,5-8H2,(H,16,17)/t9-,10-,11-/m0/s1. The maximum atomic E-state index is 13.4. The summed E-state index contributed by atoms with van der Waals surface area (Å²) in [6, 6.07) is 6.35. The molecule has 0 radical (unpaired) electrons. The fourth-order valence-corrected chi connectivity index (χ4v) is 3.35. The predicted octanol–water partition coefficient (Wildman–Crippen LogP) is 3.20. The third-order valence-corrected chi connectivity index (χ3v) is 4.21. The van der Waals surface area contributed by atoms with Gasteiger partial charge >= 0.3 is 0 Å². The summed E-state index contributed by atoms with van der Waals surface area (Å²) < 4.78 is 13.4. The molecule has 2 aliphatic carbocycles. The first-order valence-electron chi connectivity index (χ1n) is 6.29. The van der Waals surface area contributed by atoms with Gasteiger partial charge in [0.15, 0.2) is 0 Å². The molecule has 90 valence electrons. The molecule has 2 aliphatic rings. The summed E-state index contributed by atoms with van der Waals surface area (Å²) in [6.45, 7) is 0. The van der Waals surface area contributed by atoms with Crippen molar-refractivity contribution in [3.8, 4) is 0 Å². The van der Waals surface area contributed by atoms with Crippen molar-refractivity contribution in [3.05, 3.63) is 30.1 Å². The Kier molecular flexibility index (Phi) is 2.61. The highest BCUT2D eigenvalue weighted by atomic mass is 19.1. The molecule has 3 rings (SSSR count). The first-order valence-corrected chi connectivity index (χ1v) is 6.29. The number of para-hydroxylation sites is 1. The van der Waals surface area contributed by atoms with Gasteiger partial charge < -0.3 is 5.32 Å². The number of benzene rings is 1. The molecule has 3 heteroatoms. The highest BCUT2D eigenvalue weighted by molar-refractivity contribution is 5.93. The van der Waals surface area contributed by atoms with Crippen LogP contribution in [-0.2, 0) is 4.79 Å². The van der Waals surface area contributed by atoms with E-state index in [9.17, 15) is 9.18 Å². The van der Waals surface area contributed by atoms with E-state index in [4.69, 9.17) is 0 Å². The quantitative estimate of drug-likeness (QED) is 0.835. The van der Waals surface area contributed by atoms with E-state index in [-0.39, 0.29) is 17.6 Å². The van der Waals surface area contributed by atoms with Crippen molar-refractivity contribution < 1.29 is 9.18 Å². The van der Waals surface area contributed by atoms with Crippen LogP contribution < -0.4 is 5.32 Å². The molecule has 0 heterocycles. The molecule has 2 saturated carbocycles. The summed E-state index contributed by atoms with van der Waals surface area (Å²) in [4.78, 5) is 12.1. The Hall–Kier alpha value is -1.38. The van der Waals surface area contributed by atoms with Gasteiger partial charge in [-0.1, -0.05) is 18.6 Å². The molecule has 1 amide bonds. The number of anilines is 1. The number of hydrogen-bond donors (Lipinski definition) is 1. The van der Waals surface area contributed by atoms with Crippen LogP contribution >= 0.6 is 0 Å². The fourth-order valence-electron chi connectivity index (χ4n) is 3.35. The van der Waals surface area contributed by atoms with Crippen LogP contribution in [0.15, 0.2) is 24.3 Å². The van der Waals surface area contributed by atoms with Gasteiger partial charge in [0, 0.05) is 5.92 Å². The van der Waals surface area contributed by atoms with Crippen molar-refractivity contribution in [2.75, 3.05) is 5.32 Å². The number of amides is 1. The largest absolute Gasteiger partial charge is 0.323 e. The van der Waals surface area contributed by atoms with Crippen molar-refractivity contribution in [3.63, 3.8) is 0 Å². The van der Waals surface area contributed by atoms with Gasteiger partial charge in [-0.05, 0) is 43.2 Å². The number of hydrogen-bond acceptors (Lipinski definition) is 1. The van der Waals surface area contributed by atoms with E-state index in [1.807, 2.05) is 0 Å². The molecule has 0 aromatic heterocycles. The Bertz CT molecular complexity index is 446. The molecule has 2 nitrogen and oxygen atoms in total. The van der Waals surface area contributed by atoms with Gasteiger partial charge in [-0.3, -0.25) is 4.79 Å². The second-order valence-corrected chi connectivity index (χ2v) is 5.25. The number of halogens is 1. The van der Waals surface area contributed by atoms with Crippen molar-refractivity contribution in [2.45, 2.75) is 25.7 Å². The van der Waals surface area contributed by atoms with Crippen molar-refractivity contribution in [1.82, 2.24) is 0 Å². The third kappa shape index (κ3) is 1.94. The molecular formula is C14H16FNO. The maximum Gasteiger partial charge on any atom is 0.227 e. The van der Waals surface area contributed by atoms with E-state index in [1.54, 1.807) is 18.2 Å². The van der Waals surface area contributed by atoms with Crippen molar-refractivity contribution in [1.29, 1.82) is 0 Å². The summed E-state index contributed by atoms with van der Waals surface area (Å²) in [7, 11) is 0. The minimum Gasteiger partial charge on any atom is -0.323 e. The van der Waals surface area contributed by atoms with Gasteiger partial charge in [-0.2, -0.15) is 0 Å². The second-order valence-electron chi connectivity index (χ2n) is 5.25. The fraction of sp³-hybridized carbons (Fsp3) is 0.500.